The summed E-state index contributed by atoms with van der Waals surface area (Å²) < 4.78 is 1.68. The van der Waals surface area contributed by atoms with Crippen LogP contribution < -0.4 is 10.6 Å². The van der Waals surface area contributed by atoms with Gasteiger partial charge in [0.15, 0.2) is 0 Å². The first kappa shape index (κ1) is 14.5. The molecule has 1 heterocycles. The van der Waals surface area contributed by atoms with E-state index in [9.17, 15) is 14.9 Å². The number of aryl methyl sites for hydroxylation is 1. The van der Waals surface area contributed by atoms with Gasteiger partial charge in [-0.2, -0.15) is 5.10 Å². The van der Waals surface area contributed by atoms with Crippen molar-refractivity contribution >= 4 is 23.0 Å². The predicted octanol–water partition coefficient (Wildman–Crippen LogP) is 2.11. The van der Waals surface area contributed by atoms with Gasteiger partial charge < -0.3 is 10.6 Å². The molecule has 2 aromatic rings. The lowest BCUT2D eigenvalue weighted by molar-refractivity contribution is -0.383. The minimum atomic E-state index is -0.501. The smallest absolute Gasteiger partial charge is 0.292 e. The number of carbonyl (C=O) groups is 1. The van der Waals surface area contributed by atoms with Crippen molar-refractivity contribution in [3.05, 3.63) is 46.3 Å². The van der Waals surface area contributed by atoms with Crippen LogP contribution in [0.15, 0.2) is 30.6 Å². The Labute approximate surface area is 120 Å². The van der Waals surface area contributed by atoms with Crippen LogP contribution in [0, 0.1) is 10.1 Å². The van der Waals surface area contributed by atoms with E-state index in [1.54, 1.807) is 24.1 Å². The third-order valence-corrected chi connectivity index (χ3v) is 2.94. The number of carbonyl (C=O) groups excluding carboxylic acids is 1. The molecule has 21 heavy (non-hydrogen) atoms. The minimum Gasteiger partial charge on any atom is -0.383 e. The summed E-state index contributed by atoms with van der Waals surface area (Å²) in [6.07, 6.45) is 3.26. The topological polar surface area (TPSA) is 102 Å². The Hall–Kier alpha value is -2.90. The number of nitrogens with zero attached hydrogens (tertiary/aromatic N) is 3. The second-order valence-electron chi connectivity index (χ2n) is 4.28. The number of nitro benzene ring substituents is 1. The van der Waals surface area contributed by atoms with Crippen molar-refractivity contribution in [2.75, 3.05) is 17.7 Å². The predicted molar refractivity (Wildman–Crippen MR) is 78.5 cm³/mol. The second-order valence-corrected chi connectivity index (χ2v) is 4.28. The summed E-state index contributed by atoms with van der Waals surface area (Å²) >= 11 is 0. The summed E-state index contributed by atoms with van der Waals surface area (Å²) in [5, 5.41) is 20.3. The van der Waals surface area contributed by atoms with Gasteiger partial charge >= 0.3 is 0 Å². The number of nitro groups is 1. The van der Waals surface area contributed by atoms with Crippen molar-refractivity contribution in [3.8, 4) is 0 Å². The van der Waals surface area contributed by atoms with Crippen LogP contribution in [0.1, 0.15) is 17.3 Å². The molecule has 0 spiro atoms. The zero-order chi connectivity index (χ0) is 15.4. The zero-order valence-corrected chi connectivity index (χ0v) is 11.7. The van der Waals surface area contributed by atoms with Crippen molar-refractivity contribution < 1.29 is 9.72 Å². The number of nitrogens with one attached hydrogen (secondary N) is 2. The van der Waals surface area contributed by atoms with Gasteiger partial charge in [0.25, 0.3) is 11.6 Å². The molecule has 0 aliphatic carbocycles. The number of rotatable bonds is 5. The van der Waals surface area contributed by atoms with Gasteiger partial charge in [0.1, 0.15) is 5.69 Å². The van der Waals surface area contributed by atoms with Crippen LogP contribution in [-0.2, 0) is 6.54 Å². The summed E-state index contributed by atoms with van der Waals surface area (Å²) in [4.78, 5) is 22.5. The molecule has 0 atom stereocenters. The van der Waals surface area contributed by atoms with Gasteiger partial charge in [-0.15, -0.1) is 0 Å². The quantitative estimate of drug-likeness (QED) is 0.648. The summed E-state index contributed by atoms with van der Waals surface area (Å²) in [5.74, 6) is -0.350. The first-order valence-electron chi connectivity index (χ1n) is 6.35. The third kappa shape index (κ3) is 3.16. The average Bonchev–Trinajstić information content (AvgIpc) is 2.93. The number of benzene rings is 1. The van der Waals surface area contributed by atoms with Gasteiger partial charge in [0, 0.05) is 31.4 Å². The highest BCUT2D eigenvalue weighted by molar-refractivity contribution is 6.05. The summed E-state index contributed by atoms with van der Waals surface area (Å²) in [7, 11) is 1.56. The van der Waals surface area contributed by atoms with Crippen molar-refractivity contribution in [2.24, 2.45) is 0 Å². The highest BCUT2D eigenvalue weighted by Crippen LogP contribution is 2.25. The lowest BCUT2D eigenvalue weighted by Gasteiger charge is -2.06. The second kappa shape index (κ2) is 6.04. The van der Waals surface area contributed by atoms with E-state index in [-0.39, 0.29) is 17.3 Å². The minimum absolute atomic E-state index is 0.0761. The Morgan fingerprint density at radius 2 is 2.24 bits per heavy atom. The Balaban J connectivity index is 2.21. The van der Waals surface area contributed by atoms with E-state index >= 15 is 0 Å². The molecule has 0 saturated carbocycles. The number of amides is 1. The molecule has 0 aliphatic rings. The standard InChI is InChI=1S/C13H15N5O3/c1-3-17-8-10(7-15-17)16-13(19)9-4-5-12(18(20)21)11(6-9)14-2/h4-8,14H,3H2,1-2H3,(H,16,19). The van der Waals surface area contributed by atoms with E-state index in [2.05, 4.69) is 15.7 Å². The molecule has 0 saturated heterocycles. The highest BCUT2D eigenvalue weighted by atomic mass is 16.6. The molecular weight excluding hydrogens is 274 g/mol. The Bertz CT molecular complexity index is 680. The molecule has 0 aliphatic heterocycles. The van der Waals surface area contributed by atoms with Gasteiger partial charge in [-0.1, -0.05) is 0 Å². The fourth-order valence-electron chi connectivity index (χ4n) is 1.84. The van der Waals surface area contributed by atoms with Crippen LogP contribution in [0.5, 0.6) is 0 Å². The summed E-state index contributed by atoms with van der Waals surface area (Å²) in [5.41, 5.74) is 1.12. The molecule has 0 bridgehead atoms. The molecule has 0 unspecified atom stereocenters. The Morgan fingerprint density at radius 3 is 2.81 bits per heavy atom. The molecule has 0 radical (unpaired) electrons. The van der Waals surface area contributed by atoms with E-state index in [0.717, 1.165) is 0 Å². The van der Waals surface area contributed by atoms with Crippen molar-refractivity contribution in [2.45, 2.75) is 13.5 Å². The highest BCUT2D eigenvalue weighted by Gasteiger charge is 2.16. The van der Waals surface area contributed by atoms with Crippen molar-refractivity contribution in [3.63, 3.8) is 0 Å². The van der Waals surface area contributed by atoms with Gasteiger partial charge in [0.2, 0.25) is 0 Å². The molecule has 1 aromatic heterocycles. The molecule has 1 amide bonds. The van der Waals surface area contributed by atoms with Gasteiger partial charge in [-0.3, -0.25) is 19.6 Å². The SMILES string of the molecule is CCn1cc(NC(=O)c2ccc([N+](=O)[O-])c(NC)c2)cn1. The zero-order valence-electron chi connectivity index (χ0n) is 11.7. The number of aromatic nitrogens is 2. The Kier molecular flexibility index (Phi) is 4.17. The fourth-order valence-corrected chi connectivity index (χ4v) is 1.84. The van der Waals surface area contributed by atoms with Gasteiger partial charge in [0.05, 0.1) is 16.8 Å². The maximum atomic E-state index is 12.1. The fraction of sp³-hybridized carbons (Fsp3) is 0.231. The van der Waals surface area contributed by atoms with Crippen LogP contribution >= 0.6 is 0 Å². The first-order chi connectivity index (χ1) is 10.0. The number of hydrogen-bond donors (Lipinski definition) is 2. The number of hydrogen-bond acceptors (Lipinski definition) is 5. The van der Waals surface area contributed by atoms with Gasteiger partial charge in [-0.05, 0) is 19.1 Å². The van der Waals surface area contributed by atoms with Crippen LogP contribution in [0.2, 0.25) is 0 Å². The lowest BCUT2D eigenvalue weighted by atomic mass is 10.1. The van der Waals surface area contributed by atoms with Crippen LogP contribution in [-0.4, -0.2) is 27.7 Å². The Morgan fingerprint density at radius 1 is 1.48 bits per heavy atom. The summed E-state index contributed by atoms with van der Waals surface area (Å²) in [6, 6.07) is 4.16. The van der Waals surface area contributed by atoms with Crippen molar-refractivity contribution in [1.82, 2.24) is 9.78 Å². The molecule has 1 aromatic carbocycles. The normalized spacial score (nSPS) is 10.2. The molecule has 0 fully saturated rings. The monoisotopic (exact) mass is 289 g/mol. The third-order valence-electron chi connectivity index (χ3n) is 2.94. The maximum Gasteiger partial charge on any atom is 0.292 e. The van der Waals surface area contributed by atoms with Crippen molar-refractivity contribution in [1.29, 1.82) is 0 Å². The van der Waals surface area contributed by atoms with Crippen LogP contribution in [0.25, 0.3) is 0 Å². The van der Waals surface area contributed by atoms with E-state index in [1.165, 1.54) is 18.2 Å². The van der Waals surface area contributed by atoms with Gasteiger partial charge in [-0.25, -0.2) is 0 Å². The molecule has 2 rings (SSSR count). The maximum absolute atomic E-state index is 12.1. The van der Waals surface area contributed by atoms with E-state index in [1.807, 2.05) is 6.92 Å². The van der Waals surface area contributed by atoms with E-state index in [4.69, 9.17) is 0 Å². The summed E-state index contributed by atoms with van der Waals surface area (Å²) in [6.45, 7) is 2.64. The molecular formula is C13H15N5O3. The van der Waals surface area contributed by atoms with Crippen LogP contribution in [0.3, 0.4) is 0 Å². The van der Waals surface area contributed by atoms with E-state index < -0.39 is 4.92 Å². The van der Waals surface area contributed by atoms with E-state index in [0.29, 0.717) is 17.8 Å². The lowest BCUT2D eigenvalue weighted by Crippen LogP contribution is -2.12. The molecule has 2 N–H and O–H groups in total. The van der Waals surface area contributed by atoms with Crippen LogP contribution in [0.4, 0.5) is 17.1 Å². The molecule has 8 heteroatoms. The molecule has 110 valence electrons. The molecule has 8 nitrogen and oxygen atoms in total. The average molecular weight is 289 g/mol. The number of anilines is 2. The first-order valence-corrected chi connectivity index (χ1v) is 6.35. The largest absolute Gasteiger partial charge is 0.383 e.